The Morgan fingerprint density at radius 3 is 2.24 bits per heavy atom. The highest BCUT2D eigenvalue weighted by molar-refractivity contribution is 7.89. The molecule has 0 aliphatic carbocycles. The van der Waals surface area contributed by atoms with Crippen molar-refractivity contribution in [1.29, 1.82) is 0 Å². The van der Waals surface area contributed by atoms with Crippen LogP contribution in [-0.2, 0) is 19.6 Å². The second kappa shape index (κ2) is 9.17. The molecular weight excluding hydrogens is 394 g/mol. The number of hydrogen-bond acceptors (Lipinski definition) is 6. The van der Waals surface area contributed by atoms with Crippen molar-refractivity contribution in [2.45, 2.75) is 4.90 Å². The van der Waals surface area contributed by atoms with Crippen LogP contribution in [0.5, 0.6) is 0 Å². The minimum atomic E-state index is -3.53. The standard InChI is InChI=1S/C20H23N3O5S/c1-28-20(25)17-9-5-6-10-18(17)21-19(24)15-22-11-13-23(14-12-22)29(26,27)16-7-3-2-4-8-16/h2-10H,11-15H2,1H3,(H,21,24). The number of ether oxygens (including phenoxy) is 1. The number of amides is 1. The maximum atomic E-state index is 12.7. The number of rotatable bonds is 6. The fraction of sp³-hybridized carbons (Fsp3) is 0.300. The van der Waals surface area contributed by atoms with Gasteiger partial charge in [0.15, 0.2) is 0 Å². The number of methoxy groups -OCH3 is 1. The summed E-state index contributed by atoms with van der Waals surface area (Å²) in [7, 11) is -2.24. The second-order valence-corrected chi connectivity index (χ2v) is 8.52. The number of carbonyl (C=O) groups excluding carboxylic acids is 2. The van der Waals surface area contributed by atoms with Crippen molar-refractivity contribution in [3.05, 3.63) is 60.2 Å². The van der Waals surface area contributed by atoms with Crippen LogP contribution in [0.4, 0.5) is 5.69 Å². The summed E-state index contributed by atoms with van der Waals surface area (Å²) in [6.07, 6.45) is 0. The fourth-order valence-corrected chi connectivity index (χ4v) is 4.59. The van der Waals surface area contributed by atoms with Gasteiger partial charge in [-0.1, -0.05) is 30.3 Å². The predicted octanol–water partition coefficient (Wildman–Crippen LogP) is 1.42. The van der Waals surface area contributed by atoms with Crippen LogP contribution in [0.1, 0.15) is 10.4 Å². The van der Waals surface area contributed by atoms with Crippen molar-refractivity contribution >= 4 is 27.6 Å². The maximum absolute atomic E-state index is 12.7. The number of benzene rings is 2. The van der Waals surface area contributed by atoms with Gasteiger partial charge in [-0.25, -0.2) is 13.2 Å². The van der Waals surface area contributed by atoms with E-state index in [4.69, 9.17) is 4.74 Å². The molecule has 0 atom stereocenters. The number of para-hydroxylation sites is 1. The van der Waals surface area contributed by atoms with Gasteiger partial charge in [0, 0.05) is 26.2 Å². The lowest BCUT2D eigenvalue weighted by Crippen LogP contribution is -2.50. The van der Waals surface area contributed by atoms with E-state index >= 15 is 0 Å². The van der Waals surface area contributed by atoms with Crippen molar-refractivity contribution in [2.75, 3.05) is 45.2 Å². The predicted molar refractivity (Wildman–Crippen MR) is 108 cm³/mol. The average molecular weight is 417 g/mol. The van der Waals surface area contributed by atoms with Gasteiger partial charge in [-0.05, 0) is 24.3 Å². The average Bonchev–Trinajstić information content (AvgIpc) is 2.74. The van der Waals surface area contributed by atoms with E-state index in [0.29, 0.717) is 31.9 Å². The summed E-state index contributed by atoms with van der Waals surface area (Å²) in [6, 6.07) is 14.9. The Morgan fingerprint density at radius 1 is 0.966 bits per heavy atom. The normalized spacial score (nSPS) is 15.6. The van der Waals surface area contributed by atoms with Crippen LogP contribution in [0.3, 0.4) is 0 Å². The zero-order valence-electron chi connectivity index (χ0n) is 16.1. The van der Waals surface area contributed by atoms with Crippen LogP contribution in [0, 0.1) is 0 Å². The molecule has 2 aromatic rings. The molecule has 9 heteroatoms. The lowest BCUT2D eigenvalue weighted by molar-refractivity contribution is -0.117. The topological polar surface area (TPSA) is 96.0 Å². The summed E-state index contributed by atoms with van der Waals surface area (Å²) in [5, 5.41) is 2.73. The first-order chi connectivity index (χ1) is 13.9. The third kappa shape index (κ3) is 5.00. The van der Waals surface area contributed by atoms with E-state index in [-0.39, 0.29) is 22.9 Å². The molecule has 1 amide bonds. The Morgan fingerprint density at radius 2 is 1.59 bits per heavy atom. The molecule has 29 heavy (non-hydrogen) atoms. The Labute approximate surface area is 170 Å². The number of piperazine rings is 1. The van der Waals surface area contributed by atoms with Crippen molar-refractivity contribution in [2.24, 2.45) is 0 Å². The monoisotopic (exact) mass is 417 g/mol. The number of carbonyl (C=O) groups is 2. The molecule has 8 nitrogen and oxygen atoms in total. The summed E-state index contributed by atoms with van der Waals surface area (Å²) in [6.45, 7) is 1.61. The Kier molecular flexibility index (Phi) is 6.63. The van der Waals surface area contributed by atoms with Crippen LogP contribution in [-0.4, -0.2) is 69.3 Å². The third-order valence-corrected chi connectivity index (χ3v) is 6.60. The van der Waals surface area contributed by atoms with Gasteiger partial charge in [0.25, 0.3) is 0 Å². The quantitative estimate of drug-likeness (QED) is 0.714. The Hall–Kier alpha value is -2.75. The molecule has 1 heterocycles. The Balaban J connectivity index is 1.56. The fourth-order valence-electron chi connectivity index (χ4n) is 3.14. The molecule has 0 unspecified atom stereocenters. The summed E-state index contributed by atoms with van der Waals surface area (Å²) in [5.74, 6) is -0.804. The SMILES string of the molecule is COC(=O)c1ccccc1NC(=O)CN1CCN(S(=O)(=O)c2ccccc2)CC1. The number of esters is 1. The van der Waals surface area contributed by atoms with Gasteiger partial charge < -0.3 is 10.1 Å². The lowest BCUT2D eigenvalue weighted by atomic mass is 10.2. The molecule has 154 valence electrons. The van der Waals surface area contributed by atoms with E-state index in [1.54, 1.807) is 54.6 Å². The molecule has 0 aromatic heterocycles. The molecule has 3 rings (SSSR count). The van der Waals surface area contributed by atoms with Crippen molar-refractivity contribution < 1.29 is 22.7 Å². The molecule has 1 N–H and O–H groups in total. The van der Waals surface area contributed by atoms with Gasteiger partial charge in [0.05, 0.1) is 29.8 Å². The first-order valence-corrected chi connectivity index (χ1v) is 10.6. The van der Waals surface area contributed by atoms with Crippen LogP contribution in [0.25, 0.3) is 0 Å². The maximum Gasteiger partial charge on any atom is 0.339 e. The van der Waals surface area contributed by atoms with Crippen LogP contribution < -0.4 is 5.32 Å². The van der Waals surface area contributed by atoms with E-state index < -0.39 is 16.0 Å². The van der Waals surface area contributed by atoms with E-state index in [2.05, 4.69) is 5.32 Å². The van der Waals surface area contributed by atoms with Crippen LogP contribution >= 0.6 is 0 Å². The van der Waals surface area contributed by atoms with Gasteiger partial charge in [0.2, 0.25) is 15.9 Å². The van der Waals surface area contributed by atoms with Crippen molar-refractivity contribution in [3.63, 3.8) is 0 Å². The summed E-state index contributed by atoms with van der Waals surface area (Å²) in [4.78, 5) is 26.4. The molecule has 2 aromatic carbocycles. The van der Waals surface area contributed by atoms with Gasteiger partial charge in [0.1, 0.15) is 0 Å². The number of nitrogens with one attached hydrogen (secondary N) is 1. The van der Waals surface area contributed by atoms with E-state index in [0.717, 1.165) is 0 Å². The second-order valence-electron chi connectivity index (χ2n) is 6.58. The highest BCUT2D eigenvalue weighted by Crippen LogP contribution is 2.18. The van der Waals surface area contributed by atoms with Gasteiger partial charge >= 0.3 is 5.97 Å². The minimum absolute atomic E-state index is 0.106. The van der Waals surface area contributed by atoms with E-state index in [9.17, 15) is 18.0 Å². The number of hydrogen-bond donors (Lipinski definition) is 1. The first kappa shape index (κ1) is 21.0. The van der Waals surface area contributed by atoms with Crippen LogP contribution in [0.15, 0.2) is 59.5 Å². The molecule has 0 saturated carbocycles. The highest BCUT2D eigenvalue weighted by Gasteiger charge is 2.29. The van der Waals surface area contributed by atoms with E-state index in [1.807, 2.05) is 4.90 Å². The van der Waals surface area contributed by atoms with E-state index in [1.165, 1.54) is 11.4 Å². The first-order valence-electron chi connectivity index (χ1n) is 9.16. The minimum Gasteiger partial charge on any atom is -0.465 e. The van der Waals surface area contributed by atoms with Gasteiger partial charge in [-0.15, -0.1) is 0 Å². The highest BCUT2D eigenvalue weighted by atomic mass is 32.2. The Bertz CT molecular complexity index is 971. The number of sulfonamides is 1. The molecule has 0 radical (unpaired) electrons. The summed E-state index contributed by atoms with van der Waals surface area (Å²) < 4.78 is 31.5. The van der Waals surface area contributed by atoms with Crippen molar-refractivity contribution in [1.82, 2.24) is 9.21 Å². The van der Waals surface area contributed by atoms with Crippen LogP contribution in [0.2, 0.25) is 0 Å². The van der Waals surface area contributed by atoms with Gasteiger partial charge in [-0.3, -0.25) is 9.69 Å². The van der Waals surface area contributed by atoms with Crippen molar-refractivity contribution in [3.8, 4) is 0 Å². The molecule has 0 bridgehead atoms. The largest absolute Gasteiger partial charge is 0.465 e. The molecule has 1 aliphatic heterocycles. The molecule has 0 spiro atoms. The lowest BCUT2D eigenvalue weighted by Gasteiger charge is -2.33. The third-order valence-electron chi connectivity index (χ3n) is 4.69. The molecule has 1 saturated heterocycles. The zero-order chi connectivity index (χ0) is 20.9. The summed E-state index contributed by atoms with van der Waals surface area (Å²) >= 11 is 0. The smallest absolute Gasteiger partial charge is 0.339 e. The molecule has 1 aliphatic rings. The number of nitrogens with zero attached hydrogens (tertiary/aromatic N) is 2. The summed E-state index contributed by atoms with van der Waals surface area (Å²) in [5.41, 5.74) is 0.664. The zero-order valence-corrected chi connectivity index (χ0v) is 16.9. The number of anilines is 1. The van der Waals surface area contributed by atoms with Gasteiger partial charge in [-0.2, -0.15) is 4.31 Å². The molecule has 1 fully saturated rings. The molecular formula is C20H23N3O5S.